The summed E-state index contributed by atoms with van der Waals surface area (Å²) in [6.07, 6.45) is -0.0722. The van der Waals surface area contributed by atoms with Gasteiger partial charge in [-0.2, -0.15) is 0 Å². The number of fused-ring (bicyclic) bond motifs is 3. The second-order valence-electron chi connectivity index (χ2n) is 5.11. The van der Waals surface area contributed by atoms with Gasteiger partial charge < -0.3 is 14.6 Å². The van der Waals surface area contributed by atoms with Crippen molar-refractivity contribution < 1.29 is 9.90 Å². The van der Waals surface area contributed by atoms with Crippen LogP contribution >= 0.6 is 15.9 Å². The molecular formula is C14H15BrN2O2. The molecule has 2 aromatic rings. The Morgan fingerprint density at radius 2 is 2.21 bits per heavy atom. The van der Waals surface area contributed by atoms with E-state index in [1.807, 2.05) is 13.0 Å². The molecule has 1 N–H and O–H groups in total. The summed E-state index contributed by atoms with van der Waals surface area (Å²) in [6, 6.07) is 6.18. The summed E-state index contributed by atoms with van der Waals surface area (Å²) in [5.74, 6) is 0. The molecule has 5 heteroatoms. The first-order valence-electron chi connectivity index (χ1n) is 6.24. The normalized spacial score (nSPS) is 18.7. The van der Waals surface area contributed by atoms with Crippen molar-refractivity contribution in [2.75, 3.05) is 0 Å². The van der Waals surface area contributed by atoms with Crippen LogP contribution in [0.3, 0.4) is 0 Å². The molecule has 3 rings (SSSR count). The summed E-state index contributed by atoms with van der Waals surface area (Å²) in [5.41, 5.74) is 3.54. The predicted molar refractivity (Wildman–Crippen MR) is 77.4 cm³/mol. The minimum atomic E-state index is -0.840. The van der Waals surface area contributed by atoms with Crippen molar-refractivity contribution in [3.05, 3.63) is 33.9 Å². The zero-order valence-electron chi connectivity index (χ0n) is 10.9. The van der Waals surface area contributed by atoms with E-state index in [-0.39, 0.29) is 6.04 Å². The van der Waals surface area contributed by atoms with Crippen LogP contribution < -0.4 is 0 Å². The number of aromatic nitrogens is 1. The van der Waals surface area contributed by atoms with Gasteiger partial charge in [-0.25, -0.2) is 4.79 Å². The first kappa shape index (κ1) is 12.5. The summed E-state index contributed by atoms with van der Waals surface area (Å²) in [6.45, 7) is 2.44. The van der Waals surface area contributed by atoms with E-state index in [0.29, 0.717) is 6.54 Å². The average Bonchev–Trinajstić information content (AvgIpc) is 2.61. The molecule has 0 fully saturated rings. The zero-order valence-corrected chi connectivity index (χ0v) is 12.4. The van der Waals surface area contributed by atoms with Crippen molar-refractivity contribution in [1.29, 1.82) is 0 Å². The molecule has 1 aromatic carbocycles. The number of nitrogens with zero attached hydrogens (tertiary/aromatic N) is 2. The van der Waals surface area contributed by atoms with Crippen LogP contribution in [0.1, 0.15) is 18.2 Å². The third-order valence-electron chi connectivity index (χ3n) is 3.99. The molecule has 0 bridgehead atoms. The van der Waals surface area contributed by atoms with E-state index < -0.39 is 6.09 Å². The Morgan fingerprint density at radius 3 is 2.89 bits per heavy atom. The maximum absolute atomic E-state index is 11.3. The molecule has 2 heterocycles. The van der Waals surface area contributed by atoms with Crippen LogP contribution in [0.25, 0.3) is 10.9 Å². The number of carbonyl (C=O) groups is 1. The van der Waals surface area contributed by atoms with Gasteiger partial charge in [0, 0.05) is 46.1 Å². The minimum absolute atomic E-state index is 0.0245. The Kier molecular flexibility index (Phi) is 2.82. The standard InChI is InChI=1S/C14H15BrN2O2/c1-8-5-12-11(7-17(8)14(18)19)10-4-3-9(15)6-13(10)16(12)2/h3-4,6,8H,5,7H2,1-2H3,(H,18,19). The molecule has 100 valence electrons. The van der Waals surface area contributed by atoms with Crippen molar-refractivity contribution in [3.8, 4) is 0 Å². The van der Waals surface area contributed by atoms with Gasteiger partial charge in [-0.15, -0.1) is 0 Å². The SMILES string of the molecule is CC1Cc2c(c3ccc(Br)cc3n2C)CN1C(=O)O. The monoisotopic (exact) mass is 322 g/mol. The summed E-state index contributed by atoms with van der Waals surface area (Å²) in [7, 11) is 2.05. The Morgan fingerprint density at radius 1 is 1.47 bits per heavy atom. The van der Waals surface area contributed by atoms with Crippen molar-refractivity contribution in [3.63, 3.8) is 0 Å². The molecule has 1 aliphatic heterocycles. The number of benzene rings is 1. The first-order valence-corrected chi connectivity index (χ1v) is 7.03. The summed E-state index contributed by atoms with van der Waals surface area (Å²) in [4.78, 5) is 12.8. The van der Waals surface area contributed by atoms with Crippen molar-refractivity contribution in [2.24, 2.45) is 7.05 Å². The van der Waals surface area contributed by atoms with E-state index in [4.69, 9.17) is 0 Å². The van der Waals surface area contributed by atoms with Gasteiger partial charge in [0.05, 0.1) is 6.54 Å². The Labute approximate surface area is 119 Å². The third-order valence-corrected chi connectivity index (χ3v) is 4.49. The van der Waals surface area contributed by atoms with Gasteiger partial charge in [0.25, 0.3) is 0 Å². The predicted octanol–water partition coefficient (Wildman–Crippen LogP) is 3.37. The second kappa shape index (κ2) is 4.27. The lowest BCUT2D eigenvalue weighted by Crippen LogP contribution is -2.42. The van der Waals surface area contributed by atoms with Gasteiger partial charge in [0.2, 0.25) is 0 Å². The van der Waals surface area contributed by atoms with Crippen LogP contribution in [-0.4, -0.2) is 26.7 Å². The molecule has 19 heavy (non-hydrogen) atoms. The van der Waals surface area contributed by atoms with E-state index >= 15 is 0 Å². The highest BCUT2D eigenvalue weighted by Crippen LogP contribution is 2.33. The molecule has 1 aliphatic rings. The smallest absolute Gasteiger partial charge is 0.407 e. The van der Waals surface area contributed by atoms with Gasteiger partial charge in [-0.05, 0) is 19.1 Å². The number of rotatable bonds is 0. The first-order chi connectivity index (χ1) is 8.99. The van der Waals surface area contributed by atoms with E-state index in [0.717, 1.165) is 27.4 Å². The maximum atomic E-state index is 11.3. The Bertz CT molecular complexity index is 678. The highest BCUT2D eigenvalue weighted by Gasteiger charge is 2.30. The van der Waals surface area contributed by atoms with E-state index in [1.165, 1.54) is 10.6 Å². The topological polar surface area (TPSA) is 45.5 Å². The minimum Gasteiger partial charge on any atom is -0.465 e. The van der Waals surface area contributed by atoms with E-state index in [2.05, 4.69) is 39.7 Å². The maximum Gasteiger partial charge on any atom is 0.407 e. The fourth-order valence-electron chi connectivity index (χ4n) is 2.95. The van der Waals surface area contributed by atoms with Crippen LogP contribution in [0.4, 0.5) is 4.79 Å². The molecule has 0 saturated heterocycles. The fraction of sp³-hybridized carbons (Fsp3) is 0.357. The van der Waals surface area contributed by atoms with Gasteiger partial charge in [-0.3, -0.25) is 0 Å². The fourth-order valence-corrected chi connectivity index (χ4v) is 3.30. The number of hydrogen-bond acceptors (Lipinski definition) is 1. The molecule has 1 amide bonds. The van der Waals surface area contributed by atoms with Crippen LogP contribution in [0, 0.1) is 0 Å². The second-order valence-corrected chi connectivity index (χ2v) is 6.03. The molecule has 4 nitrogen and oxygen atoms in total. The van der Waals surface area contributed by atoms with Crippen LogP contribution in [0.2, 0.25) is 0 Å². The molecule has 0 spiro atoms. The van der Waals surface area contributed by atoms with Crippen LogP contribution in [0.15, 0.2) is 22.7 Å². The Hall–Kier alpha value is -1.49. The van der Waals surface area contributed by atoms with Crippen molar-refractivity contribution in [2.45, 2.75) is 25.9 Å². The highest BCUT2D eigenvalue weighted by molar-refractivity contribution is 9.10. The number of carboxylic acid groups (broad SMARTS) is 1. The summed E-state index contributed by atoms with van der Waals surface area (Å²) < 4.78 is 3.23. The number of aryl methyl sites for hydroxylation is 1. The number of halogens is 1. The largest absolute Gasteiger partial charge is 0.465 e. The van der Waals surface area contributed by atoms with Crippen molar-refractivity contribution in [1.82, 2.24) is 9.47 Å². The molecule has 1 atom stereocenters. The molecule has 1 aromatic heterocycles. The average molecular weight is 323 g/mol. The summed E-state index contributed by atoms with van der Waals surface area (Å²) in [5, 5.41) is 10.4. The molecule has 0 saturated carbocycles. The van der Waals surface area contributed by atoms with Crippen LogP contribution in [0.5, 0.6) is 0 Å². The molecule has 1 unspecified atom stereocenters. The number of amides is 1. The summed E-state index contributed by atoms with van der Waals surface area (Å²) >= 11 is 3.49. The lowest BCUT2D eigenvalue weighted by Gasteiger charge is -2.31. The van der Waals surface area contributed by atoms with Gasteiger partial charge in [0.1, 0.15) is 0 Å². The zero-order chi connectivity index (χ0) is 13.7. The van der Waals surface area contributed by atoms with Gasteiger partial charge in [0.15, 0.2) is 0 Å². The molecular weight excluding hydrogens is 308 g/mol. The lowest BCUT2D eigenvalue weighted by atomic mass is 10.00. The number of hydrogen-bond donors (Lipinski definition) is 1. The van der Waals surface area contributed by atoms with Crippen LogP contribution in [-0.2, 0) is 20.0 Å². The van der Waals surface area contributed by atoms with Gasteiger partial charge >= 0.3 is 6.09 Å². The van der Waals surface area contributed by atoms with E-state index in [1.54, 1.807) is 0 Å². The van der Waals surface area contributed by atoms with Crippen molar-refractivity contribution >= 4 is 32.9 Å². The molecule has 0 aliphatic carbocycles. The quantitative estimate of drug-likeness (QED) is 0.808. The third kappa shape index (κ3) is 1.84. The Balaban J connectivity index is 2.21. The highest BCUT2D eigenvalue weighted by atomic mass is 79.9. The lowest BCUT2D eigenvalue weighted by molar-refractivity contribution is 0.119. The van der Waals surface area contributed by atoms with E-state index in [9.17, 15) is 9.90 Å². The van der Waals surface area contributed by atoms with Gasteiger partial charge in [-0.1, -0.05) is 22.0 Å². The molecule has 0 radical (unpaired) electrons.